The van der Waals surface area contributed by atoms with Gasteiger partial charge in [0.1, 0.15) is 11.6 Å². The minimum absolute atomic E-state index is 0.0148. The van der Waals surface area contributed by atoms with E-state index in [1.807, 2.05) is 12.1 Å². The van der Waals surface area contributed by atoms with Crippen molar-refractivity contribution in [3.8, 4) is 5.75 Å². The van der Waals surface area contributed by atoms with Crippen LogP contribution in [-0.2, 0) is 0 Å². The average molecular weight is 323 g/mol. The molecule has 0 radical (unpaired) electrons. The second-order valence-corrected chi connectivity index (χ2v) is 4.60. The number of carboxylic acid groups (broad SMARTS) is 1. The first kappa shape index (κ1) is 13.4. The van der Waals surface area contributed by atoms with Gasteiger partial charge in [-0.1, -0.05) is 22.0 Å². The molecule has 0 saturated heterocycles. The number of aromatic carboxylic acids is 1. The standard InChI is InChI=1S/C13H11BrN2O3/c1-19-11-6-5-8(14)7-10(11)16-12-4-2-3-9(15-12)13(17)18/h2-7H,1H3,(H,15,16)(H,17,18). The molecule has 0 aliphatic rings. The molecule has 2 aromatic rings. The number of benzene rings is 1. The van der Waals surface area contributed by atoms with Crippen molar-refractivity contribution in [2.45, 2.75) is 0 Å². The minimum atomic E-state index is -1.06. The quantitative estimate of drug-likeness (QED) is 0.903. The lowest BCUT2D eigenvalue weighted by Crippen LogP contribution is -2.03. The largest absolute Gasteiger partial charge is 0.495 e. The SMILES string of the molecule is COc1ccc(Br)cc1Nc1cccc(C(=O)O)n1. The summed E-state index contributed by atoms with van der Waals surface area (Å²) in [6.07, 6.45) is 0. The minimum Gasteiger partial charge on any atom is -0.495 e. The first-order valence-corrected chi connectivity index (χ1v) is 6.20. The molecule has 0 aliphatic carbocycles. The highest BCUT2D eigenvalue weighted by Crippen LogP contribution is 2.30. The number of rotatable bonds is 4. The highest BCUT2D eigenvalue weighted by Gasteiger charge is 2.08. The fourth-order valence-electron chi connectivity index (χ4n) is 1.54. The van der Waals surface area contributed by atoms with Crippen LogP contribution in [0.25, 0.3) is 0 Å². The molecular formula is C13H11BrN2O3. The number of halogens is 1. The lowest BCUT2D eigenvalue weighted by molar-refractivity contribution is 0.0690. The van der Waals surface area contributed by atoms with Crippen LogP contribution in [0, 0.1) is 0 Å². The van der Waals surface area contributed by atoms with Crippen LogP contribution >= 0.6 is 15.9 Å². The van der Waals surface area contributed by atoms with E-state index >= 15 is 0 Å². The van der Waals surface area contributed by atoms with E-state index in [0.29, 0.717) is 17.3 Å². The summed E-state index contributed by atoms with van der Waals surface area (Å²) in [6.45, 7) is 0. The van der Waals surface area contributed by atoms with Crippen molar-refractivity contribution >= 4 is 33.4 Å². The van der Waals surface area contributed by atoms with Crippen LogP contribution in [0.4, 0.5) is 11.5 Å². The van der Waals surface area contributed by atoms with Gasteiger partial charge in [0, 0.05) is 4.47 Å². The summed E-state index contributed by atoms with van der Waals surface area (Å²) in [5, 5.41) is 11.9. The van der Waals surface area contributed by atoms with Crippen molar-refractivity contribution < 1.29 is 14.6 Å². The number of hydrogen-bond donors (Lipinski definition) is 2. The van der Waals surface area contributed by atoms with Crippen LogP contribution in [0.15, 0.2) is 40.9 Å². The van der Waals surface area contributed by atoms with Gasteiger partial charge < -0.3 is 15.2 Å². The molecule has 1 aromatic heterocycles. The van der Waals surface area contributed by atoms with Gasteiger partial charge in [-0.2, -0.15) is 0 Å². The molecule has 1 heterocycles. The molecular weight excluding hydrogens is 312 g/mol. The van der Waals surface area contributed by atoms with E-state index in [1.54, 1.807) is 25.3 Å². The third kappa shape index (κ3) is 3.23. The number of ether oxygens (including phenoxy) is 1. The van der Waals surface area contributed by atoms with Gasteiger partial charge in [0.05, 0.1) is 12.8 Å². The van der Waals surface area contributed by atoms with Gasteiger partial charge in [0.25, 0.3) is 0 Å². The maximum Gasteiger partial charge on any atom is 0.354 e. The summed E-state index contributed by atoms with van der Waals surface area (Å²) >= 11 is 3.37. The second kappa shape index (κ2) is 5.71. The fourth-order valence-corrected chi connectivity index (χ4v) is 1.90. The molecule has 0 atom stereocenters. The molecule has 0 fully saturated rings. The maximum atomic E-state index is 10.9. The van der Waals surface area contributed by atoms with Gasteiger partial charge >= 0.3 is 5.97 Å². The van der Waals surface area contributed by atoms with E-state index in [1.165, 1.54) is 6.07 Å². The molecule has 0 saturated carbocycles. The second-order valence-electron chi connectivity index (χ2n) is 3.68. The van der Waals surface area contributed by atoms with Gasteiger partial charge in [-0.3, -0.25) is 0 Å². The van der Waals surface area contributed by atoms with Crippen LogP contribution in [-0.4, -0.2) is 23.2 Å². The molecule has 2 N–H and O–H groups in total. The van der Waals surface area contributed by atoms with E-state index in [-0.39, 0.29) is 5.69 Å². The number of anilines is 2. The first-order valence-electron chi connectivity index (χ1n) is 5.41. The Hall–Kier alpha value is -2.08. The number of methoxy groups -OCH3 is 1. The summed E-state index contributed by atoms with van der Waals surface area (Å²) in [7, 11) is 1.56. The Labute approximate surface area is 118 Å². The van der Waals surface area contributed by atoms with Crippen LogP contribution in [0.2, 0.25) is 0 Å². The third-order valence-corrected chi connectivity index (χ3v) is 2.89. The molecule has 0 aliphatic heterocycles. The topological polar surface area (TPSA) is 71.5 Å². The van der Waals surface area contributed by atoms with Crippen LogP contribution in [0.1, 0.15) is 10.5 Å². The summed E-state index contributed by atoms with van der Waals surface area (Å²) in [6, 6.07) is 10.2. The summed E-state index contributed by atoms with van der Waals surface area (Å²) in [5.41, 5.74) is 0.686. The number of aromatic nitrogens is 1. The normalized spacial score (nSPS) is 10.0. The van der Waals surface area contributed by atoms with Crippen molar-refractivity contribution in [1.82, 2.24) is 4.98 Å². The Morgan fingerprint density at radius 1 is 1.37 bits per heavy atom. The van der Waals surface area contributed by atoms with Gasteiger partial charge in [-0.25, -0.2) is 9.78 Å². The van der Waals surface area contributed by atoms with Gasteiger partial charge in [-0.05, 0) is 30.3 Å². The van der Waals surface area contributed by atoms with Crippen molar-refractivity contribution in [3.05, 3.63) is 46.6 Å². The van der Waals surface area contributed by atoms with Crippen molar-refractivity contribution in [2.75, 3.05) is 12.4 Å². The summed E-state index contributed by atoms with van der Waals surface area (Å²) < 4.78 is 6.10. The Morgan fingerprint density at radius 2 is 2.16 bits per heavy atom. The molecule has 0 amide bonds. The predicted octanol–water partition coefficient (Wildman–Crippen LogP) is 3.29. The van der Waals surface area contributed by atoms with Gasteiger partial charge in [0.15, 0.2) is 5.69 Å². The Bertz CT molecular complexity index is 617. The lowest BCUT2D eigenvalue weighted by Gasteiger charge is -2.11. The van der Waals surface area contributed by atoms with E-state index < -0.39 is 5.97 Å². The number of pyridine rings is 1. The lowest BCUT2D eigenvalue weighted by atomic mass is 10.3. The fraction of sp³-hybridized carbons (Fsp3) is 0.0769. The monoisotopic (exact) mass is 322 g/mol. The molecule has 19 heavy (non-hydrogen) atoms. The molecule has 0 unspecified atom stereocenters. The highest BCUT2D eigenvalue weighted by molar-refractivity contribution is 9.10. The molecule has 2 rings (SSSR count). The summed E-state index contributed by atoms with van der Waals surface area (Å²) in [4.78, 5) is 14.9. The molecule has 6 heteroatoms. The smallest absolute Gasteiger partial charge is 0.354 e. The first-order chi connectivity index (χ1) is 9.10. The van der Waals surface area contributed by atoms with E-state index in [2.05, 4.69) is 26.2 Å². The zero-order valence-electron chi connectivity index (χ0n) is 10.1. The molecule has 0 bridgehead atoms. The molecule has 98 valence electrons. The van der Waals surface area contributed by atoms with Gasteiger partial charge in [-0.15, -0.1) is 0 Å². The Kier molecular flexibility index (Phi) is 4.01. The Balaban J connectivity index is 2.33. The van der Waals surface area contributed by atoms with E-state index in [9.17, 15) is 4.79 Å². The number of nitrogens with one attached hydrogen (secondary N) is 1. The number of hydrogen-bond acceptors (Lipinski definition) is 4. The predicted molar refractivity (Wildman–Crippen MR) is 75.2 cm³/mol. The third-order valence-electron chi connectivity index (χ3n) is 2.39. The van der Waals surface area contributed by atoms with Crippen molar-refractivity contribution in [1.29, 1.82) is 0 Å². The zero-order chi connectivity index (χ0) is 13.8. The molecule has 1 aromatic carbocycles. The average Bonchev–Trinajstić information content (AvgIpc) is 2.39. The highest BCUT2D eigenvalue weighted by atomic mass is 79.9. The van der Waals surface area contributed by atoms with E-state index in [0.717, 1.165) is 4.47 Å². The number of carbonyl (C=O) groups is 1. The van der Waals surface area contributed by atoms with Gasteiger partial charge in [0.2, 0.25) is 0 Å². The molecule has 5 nitrogen and oxygen atoms in total. The van der Waals surface area contributed by atoms with Crippen molar-refractivity contribution in [3.63, 3.8) is 0 Å². The van der Waals surface area contributed by atoms with Crippen molar-refractivity contribution in [2.24, 2.45) is 0 Å². The maximum absolute atomic E-state index is 10.9. The molecule has 0 spiro atoms. The zero-order valence-corrected chi connectivity index (χ0v) is 11.6. The number of carboxylic acids is 1. The summed E-state index contributed by atoms with van der Waals surface area (Å²) in [5.74, 6) is 0.0203. The van der Waals surface area contributed by atoms with Crippen LogP contribution in [0.5, 0.6) is 5.75 Å². The van der Waals surface area contributed by atoms with E-state index in [4.69, 9.17) is 9.84 Å². The number of nitrogens with zero attached hydrogens (tertiary/aromatic N) is 1. The Morgan fingerprint density at radius 3 is 2.84 bits per heavy atom. The van der Waals surface area contributed by atoms with Crippen LogP contribution in [0.3, 0.4) is 0 Å². The van der Waals surface area contributed by atoms with Crippen LogP contribution < -0.4 is 10.1 Å².